The van der Waals surface area contributed by atoms with Crippen LogP contribution in [0.5, 0.6) is 0 Å². The second kappa shape index (κ2) is 4.94. The normalized spacial score (nSPS) is 10.3. The van der Waals surface area contributed by atoms with Gasteiger partial charge in [0.2, 0.25) is 0 Å². The topological polar surface area (TPSA) is 92.4 Å². The molecule has 0 aliphatic heterocycles. The Morgan fingerprint density at radius 2 is 1.69 bits per heavy atom. The maximum atomic E-state index is 10.5. The van der Waals surface area contributed by atoms with Crippen molar-refractivity contribution >= 4 is 45.4 Å². The van der Waals surface area contributed by atoms with Crippen LogP contribution in [0.25, 0.3) is 0 Å². The first-order valence-electron chi connectivity index (χ1n) is 3.08. The van der Waals surface area contributed by atoms with Gasteiger partial charge in [0.25, 0.3) is 10.1 Å². The summed E-state index contributed by atoms with van der Waals surface area (Å²) in [4.78, 5) is -0.151. The number of nitrogens with one attached hydrogen (secondary N) is 1. The van der Waals surface area contributed by atoms with E-state index in [0.717, 1.165) is 0 Å². The van der Waals surface area contributed by atoms with E-state index in [2.05, 4.69) is 5.43 Å². The molecule has 1 aromatic carbocycles. The molecule has 0 fully saturated rings. The number of anilines is 1. The summed E-state index contributed by atoms with van der Waals surface area (Å²) in [6.07, 6.45) is 0. The average Bonchev–Trinajstić information content (AvgIpc) is 2.03. The summed E-state index contributed by atoms with van der Waals surface area (Å²) < 4.78 is 29.6. The fraction of sp³-hybridized carbons (Fsp3) is 0. The van der Waals surface area contributed by atoms with Gasteiger partial charge in [-0.05, 0) is 24.3 Å². The molecular weight excluding hydrogens is 203 g/mol. The van der Waals surface area contributed by atoms with Crippen LogP contribution in [0.2, 0.25) is 0 Å². The van der Waals surface area contributed by atoms with E-state index in [0.29, 0.717) is 5.69 Å². The molecule has 0 unspecified atom stereocenters. The first kappa shape index (κ1) is 12.9. The van der Waals surface area contributed by atoms with Crippen molar-refractivity contribution in [1.82, 2.24) is 0 Å². The van der Waals surface area contributed by atoms with Gasteiger partial charge in [-0.1, -0.05) is 0 Å². The Balaban J connectivity index is 0.00000144. The number of nitrogens with two attached hydrogens (primary N) is 1. The van der Waals surface area contributed by atoms with Gasteiger partial charge in [-0.3, -0.25) is 10.4 Å². The minimum atomic E-state index is -4.10. The van der Waals surface area contributed by atoms with Gasteiger partial charge in [0, 0.05) is 5.69 Å². The molecule has 0 amide bonds. The molecule has 0 heterocycles. The molecule has 0 radical (unpaired) electrons. The third-order valence-corrected chi connectivity index (χ3v) is 2.19. The van der Waals surface area contributed by atoms with Gasteiger partial charge in [-0.2, -0.15) is 8.42 Å². The first-order valence-corrected chi connectivity index (χ1v) is 4.52. The van der Waals surface area contributed by atoms with E-state index in [1.807, 2.05) is 0 Å². The van der Waals surface area contributed by atoms with E-state index in [9.17, 15) is 8.42 Å². The summed E-state index contributed by atoms with van der Waals surface area (Å²) >= 11 is 0. The van der Waals surface area contributed by atoms with Gasteiger partial charge >= 0.3 is 29.6 Å². The van der Waals surface area contributed by atoms with E-state index >= 15 is 0 Å². The summed E-state index contributed by atoms with van der Waals surface area (Å²) in [5.74, 6) is 5.05. The Hall–Kier alpha value is -0.110. The molecule has 1 rings (SSSR count). The molecule has 0 bridgehead atoms. The summed E-state index contributed by atoms with van der Waals surface area (Å²) in [6.45, 7) is 0. The van der Waals surface area contributed by atoms with Crippen LogP contribution in [0.4, 0.5) is 5.69 Å². The van der Waals surface area contributed by atoms with Gasteiger partial charge in [0.05, 0.1) is 4.90 Å². The molecule has 0 saturated heterocycles. The van der Waals surface area contributed by atoms with Crippen molar-refractivity contribution in [2.75, 3.05) is 5.43 Å². The molecule has 1 aromatic rings. The number of hydrogen-bond acceptors (Lipinski definition) is 4. The van der Waals surface area contributed by atoms with Crippen LogP contribution in [0, 0.1) is 0 Å². The third-order valence-electron chi connectivity index (χ3n) is 1.32. The monoisotopic (exact) mass is 212 g/mol. The molecule has 0 spiro atoms. The molecule has 4 N–H and O–H groups in total. The van der Waals surface area contributed by atoms with Gasteiger partial charge in [-0.25, -0.2) is 0 Å². The summed E-state index contributed by atoms with van der Waals surface area (Å²) in [5.41, 5.74) is 2.90. The van der Waals surface area contributed by atoms with Crippen LogP contribution in [0.3, 0.4) is 0 Å². The minimum absolute atomic E-state index is 0. The van der Waals surface area contributed by atoms with Gasteiger partial charge in [0.15, 0.2) is 0 Å². The zero-order chi connectivity index (χ0) is 9.19. The second-order valence-electron chi connectivity index (χ2n) is 2.14. The van der Waals surface area contributed by atoms with Gasteiger partial charge in [0.1, 0.15) is 0 Å². The Labute approximate surface area is 98.3 Å². The van der Waals surface area contributed by atoms with Crippen LogP contribution in [-0.4, -0.2) is 42.5 Å². The quantitative estimate of drug-likeness (QED) is 0.268. The SMILES string of the molecule is NNc1ccc(S(=O)(=O)O)cc1.[NaH]. The van der Waals surface area contributed by atoms with Crippen molar-refractivity contribution in [3.05, 3.63) is 24.3 Å². The van der Waals surface area contributed by atoms with Crippen LogP contribution < -0.4 is 11.3 Å². The third kappa shape index (κ3) is 3.63. The predicted molar refractivity (Wildman–Crippen MR) is 51.2 cm³/mol. The molecule has 0 aromatic heterocycles. The zero-order valence-corrected chi connectivity index (χ0v) is 6.88. The Morgan fingerprint density at radius 1 is 1.23 bits per heavy atom. The number of nitrogen functional groups attached to an aromatic ring is 1. The standard InChI is InChI=1S/C6H8N2O3S.Na.H/c7-8-5-1-3-6(4-2-5)12(9,10)11;;/h1-4,8H,7H2,(H,9,10,11);;. The number of hydrogen-bond donors (Lipinski definition) is 3. The molecule has 0 atom stereocenters. The average molecular weight is 212 g/mol. The molecule has 0 aliphatic carbocycles. The Morgan fingerprint density at radius 3 is 2.00 bits per heavy atom. The summed E-state index contributed by atoms with van der Waals surface area (Å²) in [7, 11) is -4.10. The second-order valence-corrected chi connectivity index (χ2v) is 3.57. The first-order chi connectivity index (χ1) is 5.54. The van der Waals surface area contributed by atoms with Crippen LogP contribution in [-0.2, 0) is 10.1 Å². The van der Waals surface area contributed by atoms with E-state index in [1.54, 1.807) is 0 Å². The van der Waals surface area contributed by atoms with Crippen LogP contribution >= 0.6 is 0 Å². The Kier molecular flexibility index (Phi) is 4.90. The molecule has 0 saturated carbocycles. The van der Waals surface area contributed by atoms with E-state index in [4.69, 9.17) is 10.4 Å². The predicted octanol–water partition coefficient (Wildman–Crippen LogP) is -0.430. The summed E-state index contributed by atoms with van der Waals surface area (Å²) in [6, 6.07) is 5.40. The van der Waals surface area contributed by atoms with Crippen LogP contribution in [0.15, 0.2) is 29.2 Å². The zero-order valence-electron chi connectivity index (χ0n) is 6.06. The van der Waals surface area contributed by atoms with Crippen molar-refractivity contribution in [2.45, 2.75) is 4.90 Å². The van der Waals surface area contributed by atoms with Crippen LogP contribution in [0.1, 0.15) is 0 Å². The molecule has 7 heteroatoms. The summed E-state index contributed by atoms with van der Waals surface area (Å²) in [5, 5.41) is 0. The molecule has 13 heavy (non-hydrogen) atoms. The van der Waals surface area contributed by atoms with Gasteiger partial charge in [-0.15, -0.1) is 0 Å². The fourth-order valence-electron chi connectivity index (χ4n) is 0.723. The molecule has 0 aliphatic rings. The molecular formula is C6H9N2NaO3S. The van der Waals surface area contributed by atoms with Crippen molar-refractivity contribution in [2.24, 2.45) is 5.84 Å². The number of benzene rings is 1. The maximum absolute atomic E-state index is 10.5. The van der Waals surface area contributed by atoms with Crippen molar-refractivity contribution < 1.29 is 13.0 Å². The van der Waals surface area contributed by atoms with Gasteiger partial charge < -0.3 is 5.43 Å². The number of rotatable bonds is 2. The van der Waals surface area contributed by atoms with E-state index in [-0.39, 0.29) is 34.5 Å². The van der Waals surface area contributed by atoms with Crippen molar-refractivity contribution in [1.29, 1.82) is 0 Å². The van der Waals surface area contributed by atoms with E-state index < -0.39 is 10.1 Å². The fourth-order valence-corrected chi connectivity index (χ4v) is 1.20. The molecule has 68 valence electrons. The Bertz CT molecular complexity index is 362. The van der Waals surface area contributed by atoms with Crippen molar-refractivity contribution in [3.63, 3.8) is 0 Å². The number of hydrazine groups is 1. The molecule has 5 nitrogen and oxygen atoms in total. The van der Waals surface area contributed by atoms with E-state index in [1.165, 1.54) is 24.3 Å². The van der Waals surface area contributed by atoms with Crippen molar-refractivity contribution in [3.8, 4) is 0 Å².